The lowest BCUT2D eigenvalue weighted by Gasteiger charge is -2.36. The largest absolute Gasteiger partial charge is 0.335 e. The number of carbonyl (C=O) groups excluding carboxylic acids is 1. The summed E-state index contributed by atoms with van der Waals surface area (Å²) in [6, 6.07) is 14.2. The number of nitrogens with one attached hydrogen (secondary N) is 2. The number of nitrogen functional groups attached to an aromatic ring is 1. The Hall–Kier alpha value is -3.78. The van der Waals surface area contributed by atoms with Gasteiger partial charge in [-0.1, -0.05) is 24.6 Å². The summed E-state index contributed by atoms with van der Waals surface area (Å²) in [4.78, 5) is 24.5. The highest BCUT2D eigenvalue weighted by molar-refractivity contribution is 5.95. The zero-order valence-electron chi connectivity index (χ0n) is 22.3. The molecule has 1 saturated heterocycles. The third-order valence-electron chi connectivity index (χ3n) is 7.22. The molecule has 4 rings (SSSR count). The number of anilines is 3. The van der Waals surface area contributed by atoms with Gasteiger partial charge in [-0.05, 0) is 63.1 Å². The van der Waals surface area contributed by atoms with Gasteiger partial charge in [0.05, 0.1) is 16.9 Å². The number of nitrogens with two attached hydrogens (primary N) is 1. The van der Waals surface area contributed by atoms with Gasteiger partial charge in [0, 0.05) is 42.9 Å². The first-order valence-corrected chi connectivity index (χ1v) is 12.9. The Kier molecular flexibility index (Phi) is 8.18. The summed E-state index contributed by atoms with van der Waals surface area (Å²) in [7, 11) is 0. The summed E-state index contributed by atoms with van der Waals surface area (Å²) in [6.07, 6.45) is 4.46. The minimum Gasteiger partial charge on any atom is -0.335 e. The van der Waals surface area contributed by atoms with Crippen molar-refractivity contribution in [2.24, 2.45) is 5.84 Å². The van der Waals surface area contributed by atoms with Crippen LogP contribution in [0.25, 0.3) is 0 Å². The molecule has 3 aromatic rings. The molecule has 1 amide bonds. The maximum Gasteiger partial charge on any atom is 0.254 e. The van der Waals surface area contributed by atoms with Gasteiger partial charge < -0.3 is 15.6 Å². The fourth-order valence-electron chi connectivity index (χ4n) is 4.96. The topological polar surface area (TPSA) is 99.2 Å². The predicted molar refractivity (Wildman–Crippen MR) is 149 cm³/mol. The van der Waals surface area contributed by atoms with Crippen molar-refractivity contribution in [2.45, 2.75) is 65.6 Å². The maximum atomic E-state index is 13.2. The van der Waals surface area contributed by atoms with Crippen LogP contribution in [0.2, 0.25) is 0 Å². The van der Waals surface area contributed by atoms with E-state index >= 15 is 0 Å². The third kappa shape index (κ3) is 6.14. The number of amides is 1. The smallest absolute Gasteiger partial charge is 0.254 e. The van der Waals surface area contributed by atoms with Crippen LogP contribution in [0.5, 0.6) is 0 Å². The number of hydrogen-bond acceptors (Lipinski definition) is 6. The lowest BCUT2D eigenvalue weighted by Crippen LogP contribution is -2.48. The fraction of sp³-hybridized carbons (Fsp3) is 0.379. The van der Waals surface area contributed by atoms with Crippen LogP contribution in [-0.4, -0.2) is 50.7 Å². The summed E-state index contributed by atoms with van der Waals surface area (Å²) in [6.45, 7) is 14.0. The van der Waals surface area contributed by atoms with Gasteiger partial charge in [-0.15, -0.1) is 0 Å². The number of aryl methyl sites for hydroxylation is 3. The highest BCUT2D eigenvalue weighted by atomic mass is 16.2. The monoisotopic (exact) mass is 500 g/mol. The number of benzene rings is 2. The molecule has 2 atom stereocenters. The number of hydrogen-bond donors (Lipinski definition) is 3. The van der Waals surface area contributed by atoms with Gasteiger partial charge in [0.15, 0.2) is 12.6 Å². The lowest BCUT2D eigenvalue weighted by atomic mass is 9.96. The number of carbonyl (C=O) groups is 1. The van der Waals surface area contributed by atoms with Crippen molar-refractivity contribution >= 4 is 29.9 Å². The maximum absolute atomic E-state index is 13.2. The minimum absolute atomic E-state index is 0.0616. The van der Waals surface area contributed by atoms with E-state index in [0.717, 1.165) is 47.5 Å². The summed E-state index contributed by atoms with van der Waals surface area (Å²) in [5.41, 5.74) is 9.42. The van der Waals surface area contributed by atoms with Crippen LogP contribution in [0.3, 0.4) is 0 Å². The van der Waals surface area contributed by atoms with Crippen LogP contribution in [0.15, 0.2) is 48.7 Å². The standard InChI is InChI=1S/C29H37N7O/c1-6-26-23(17-31-29(33-26)32-24-10-7-19(2)8-11-24)18-35(5)25-13-14-36(21(4)16-25)28(37)22-9-12-27(34-30)20(3)15-22/h7-12,15,17,21,25H,5-6,13-14,16,18,30H2,1-4H3,(H-,31,32,33,34,37)/p+1/t21-,25+/m1/s1. The Morgan fingerprint density at radius 2 is 1.97 bits per heavy atom. The molecule has 1 aromatic heterocycles. The quantitative estimate of drug-likeness (QED) is 0.181. The second-order valence-corrected chi connectivity index (χ2v) is 9.96. The van der Waals surface area contributed by atoms with Gasteiger partial charge >= 0.3 is 0 Å². The molecule has 0 aliphatic carbocycles. The summed E-state index contributed by atoms with van der Waals surface area (Å²) < 4.78 is 2.13. The van der Waals surface area contributed by atoms with E-state index in [2.05, 4.69) is 59.9 Å². The van der Waals surface area contributed by atoms with Crippen LogP contribution in [0, 0.1) is 13.8 Å². The van der Waals surface area contributed by atoms with Gasteiger partial charge in [0.2, 0.25) is 5.95 Å². The van der Waals surface area contributed by atoms with Crippen molar-refractivity contribution in [1.82, 2.24) is 14.9 Å². The van der Waals surface area contributed by atoms with Crippen LogP contribution in [-0.2, 0) is 13.0 Å². The number of piperidine rings is 1. The van der Waals surface area contributed by atoms with Crippen molar-refractivity contribution in [3.8, 4) is 0 Å². The molecular formula is C29H38N7O+. The molecule has 0 radical (unpaired) electrons. The average Bonchev–Trinajstić information content (AvgIpc) is 2.90. The number of likely N-dealkylation sites (tertiary alicyclic amines) is 1. The van der Waals surface area contributed by atoms with Crippen molar-refractivity contribution < 1.29 is 9.37 Å². The molecule has 1 aliphatic heterocycles. The van der Waals surface area contributed by atoms with Crippen molar-refractivity contribution in [1.29, 1.82) is 0 Å². The first-order chi connectivity index (χ1) is 17.8. The van der Waals surface area contributed by atoms with Crippen LogP contribution in [0.1, 0.15) is 59.4 Å². The summed E-state index contributed by atoms with van der Waals surface area (Å²) in [5, 5.41) is 3.30. The fourth-order valence-corrected chi connectivity index (χ4v) is 4.96. The Bertz CT molecular complexity index is 1270. The molecular weight excluding hydrogens is 462 g/mol. The van der Waals surface area contributed by atoms with E-state index in [1.54, 1.807) is 0 Å². The predicted octanol–water partition coefficient (Wildman–Crippen LogP) is 4.59. The molecule has 1 aliphatic rings. The molecule has 0 spiro atoms. The molecule has 2 heterocycles. The number of hydrazine groups is 1. The zero-order chi connectivity index (χ0) is 26.5. The van der Waals surface area contributed by atoms with E-state index in [1.165, 1.54) is 5.56 Å². The van der Waals surface area contributed by atoms with Gasteiger partial charge in [0.1, 0.15) is 6.72 Å². The molecule has 0 saturated carbocycles. The second kappa shape index (κ2) is 11.5. The van der Waals surface area contributed by atoms with Crippen LogP contribution in [0.4, 0.5) is 17.3 Å². The Balaban J connectivity index is 1.38. The lowest BCUT2D eigenvalue weighted by molar-refractivity contribution is -0.578. The van der Waals surface area contributed by atoms with E-state index < -0.39 is 0 Å². The van der Waals surface area contributed by atoms with E-state index in [4.69, 9.17) is 10.8 Å². The molecule has 4 N–H and O–H groups in total. The Morgan fingerprint density at radius 3 is 2.62 bits per heavy atom. The van der Waals surface area contributed by atoms with Crippen molar-refractivity contribution in [3.05, 3.63) is 76.6 Å². The average molecular weight is 501 g/mol. The third-order valence-corrected chi connectivity index (χ3v) is 7.22. The first kappa shape index (κ1) is 26.3. The molecule has 0 bridgehead atoms. The molecule has 1 fully saturated rings. The Labute approximate surface area is 219 Å². The van der Waals surface area contributed by atoms with E-state index in [9.17, 15) is 4.79 Å². The van der Waals surface area contributed by atoms with Crippen molar-refractivity contribution in [2.75, 3.05) is 17.3 Å². The van der Waals surface area contributed by atoms with Crippen LogP contribution < -0.4 is 16.6 Å². The summed E-state index contributed by atoms with van der Waals surface area (Å²) >= 11 is 0. The highest BCUT2D eigenvalue weighted by Gasteiger charge is 2.34. The number of nitrogens with zero attached hydrogens (tertiary/aromatic N) is 4. The SMILES string of the molecule is C=[N+](Cc1cnc(Nc2ccc(C)cc2)nc1CC)[C@H]1CCN(C(=O)c2ccc(NN)c(C)c2)[C@H](C)C1. The molecule has 194 valence electrons. The van der Waals surface area contributed by atoms with E-state index in [0.29, 0.717) is 24.6 Å². The van der Waals surface area contributed by atoms with E-state index in [-0.39, 0.29) is 18.0 Å². The minimum atomic E-state index is 0.0616. The Morgan fingerprint density at radius 1 is 1.22 bits per heavy atom. The molecule has 8 nitrogen and oxygen atoms in total. The molecule has 8 heteroatoms. The normalized spacial score (nSPS) is 17.4. The number of aromatic nitrogens is 2. The van der Waals surface area contributed by atoms with Crippen LogP contribution >= 0.6 is 0 Å². The first-order valence-electron chi connectivity index (χ1n) is 12.9. The molecule has 0 unspecified atom stereocenters. The van der Waals surface area contributed by atoms with Crippen molar-refractivity contribution in [3.63, 3.8) is 0 Å². The van der Waals surface area contributed by atoms with Gasteiger partial charge in [0.25, 0.3) is 5.91 Å². The molecule has 37 heavy (non-hydrogen) atoms. The highest BCUT2D eigenvalue weighted by Crippen LogP contribution is 2.25. The number of rotatable bonds is 8. The molecule has 2 aromatic carbocycles. The zero-order valence-corrected chi connectivity index (χ0v) is 22.3. The van der Waals surface area contributed by atoms with Gasteiger partial charge in [-0.3, -0.25) is 10.6 Å². The van der Waals surface area contributed by atoms with Gasteiger partial charge in [-0.2, -0.15) is 0 Å². The second-order valence-electron chi connectivity index (χ2n) is 9.96. The summed E-state index contributed by atoms with van der Waals surface area (Å²) in [5.74, 6) is 6.20. The van der Waals surface area contributed by atoms with Gasteiger partial charge in [-0.25, -0.2) is 14.5 Å². The van der Waals surface area contributed by atoms with E-state index in [1.807, 2.05) is 48.4 Å².